The summed E-state index contributed by atoms with van der Waals surface area (Å²) in [5.74, 6) is -0.447. The first-order valence-corrected chi connectivity index (χ1v) is 13.9. The molecular formula is C30H27Cl2FN4OS. The number of aryl methyl sites for hydroxylation is 2. The van der Waals surface area contributed by atoms with E-state index in [-0.39, 0.29) is 16.5 Å². The molecule has 1 unspecified atom stereocenters. The third kappa shape index (κ3) is 6.44. The molecule has 0 aliphatic heterocycles. The van der Waals surface area contributed by atoms with Crippen LogP contribution in [-0.2, 0) is 6.42 Å². The Bertz CT molecular complexity index is 1660. The molecule has 1 atom stereocenters. The number of aromatic nitrogens is 3. The lowest BCUT2D eigenvalue weighted by Crippen LogP contribution is -2.21. The van der Waals surface area contributed by atoms with Crippen molar-refractivity contribution in [3.8, 4) is 11.1 Å². The van der Waals surface area contributed by atoms with Crippen molar-refractivity contribution in [2.45, 2.75) is 40.0 Å². The summed E-state index contributed by atoms with van der Waals surface area (Å²) in [7, 11) is 0. The van der Waals surface area contributed by atoms with Gasteiger partial charge in [-0.15, -0.1) is 0 Å². The normalized spacial score (nSPS) is 13.1. The lowest BCUT2D eigenvalue weighted by atomic mass is 9.94. The van der Waals surface area contributed by atoms with Gasteiger partial charge < -0.3 is 0 Å². The first-order chi connectivity index (χ1) is 18.7. The van der Waals surface area contributed by atoms with Gasteiger partial charge in [-0.1, -0.05) is 48.3 Å². The summed E-state index contributed by atoms with van der Waals surface area (Å²) in [4.78, 5) is 21.9. The van der Waals surface area contributed by atoms with E-state index in [1.54, 1.807) is 55.1 Å². The quantitative estimate of drug-likeness (QED) is 0.197. The van der Waals surface area contributed by atoms with Crippen LogP contribution in [0.15, 0.2) is 76.2 Å². The van der Waals surface area contributed by atoms with Crippen LogP contribution in [-0.4, -0.2) is 19.6 Å². The van der Waals surface area contributed by atoms with Crippen molar-refractivity contribution < 1.29 is 4.39 Å². The number of pyridine rings is 2. The molecule has 4 aromatic rings. The number of rotatable bonds is 8. The Morgan fingerprint density at radius 3 is 2.69 bits per heavy atom. The van der Waals surface area contributed by atoms with E-state index in [0.717, 1.165) is 22.4 Å². The molecule has 200 valence electrons. The SMILES string of the molecule is C/C=C/N=C(/C=C/n1c(C)cc(C(C)Cc2cncc(Cl)c2)c(Cl)c1=O)c1cccc(-c2csnc2C)c1F. The molecule has 1 aromatic carbocycles. The monoisotopic (exact) mass is 580 g/mol. The van der Waals surface area contributed by atoms with Gasteiger partial charge in [-0.3, -0.25) is 19.3 Å². The Morgan fingerprint density at radius 2 is 2.00 bits per heavy atom. The molecule has 3 aromatic heterocycles. The van der Waals surface area contributed by atoms with Gasteiger partial charge in [0.05, 0.1) is 16.4 Å². The van der Waals surface area contributed by atoms with E-state index in [0.29, 0.717) is 34.0 Å². The first kappa shape index (κ1) is 28.6. The number of hydrogen-bond donors (Lipinski definition) is 0. The molecule has 0 N–H and O–H groups in total. The van der Waals surface area contributed by atoms with Crippen molar-refractivity contribution in [2.24, 2.45) is 4.99 Å². The van der Waals surface area contributed by atoms with Gasteiger partial charge in [0.2, 0.25) is 0 Å². The van der Waals surface area contributed by atoms with Gasteiger partial charge in [-0.25, -0.2) is 4.39 Å². The number of halogens is 3. The molecule has 9 heteroatoms. The van der Waals surface area contributed by atoms with Crippen LogP contribution in [0.25, 0.3) is 17.3 Å². The molecule has 0 radical (unpaired) electrons. The summed E-state index contributed by atoms with van der Waals surface area (Å²) in [5.41, 5.74) is 4.64. The fraction of sp³-hybridized carbons (Fsp3) is 0.200. The topological polar surface area (TPSA) is 60.1 Å². The average molecular weight is 582 g/mol. The van der Waals surface area contributed by atoms with Crippen LogP contribution in [0.2, 0.25) is 10.0 Å². The largest absolute Gasteiger partial charge is 0.287 e. The zero-order valence-corrected chi connectivity index (χ0v) is 24.3. The van der Waals surface area contributed by atoms with E-state index in [4.69, 9.17) is 23.2 Å². The highest BCUT2D eigenvalue weighted by atomic mass is 35.5. The summed E-state index contributed by atoms with van der Waals surface area (Å²) >= 11 is 13.9. The molecule has 0 saturated carbocycles. The van der Waals surface area contributed by atoms with E-state index in [2.05, 4.69) is 14.3 Å². The highest BCUT2D eigenvalue weighted by Gasteiger charge is 2.18. The van der Waals surface area contributed by atoms with Gasteiger partial charge in [0.1, 0.15) is 10.8 Å². The summed E-state index contributed by atoms with van der Waals surface area (Å²) < 4.78 is 21.4. The molecular weight excluding hydrogens is 554 g/mol. The zero-order chi connectivity index (χ0) is 28.1. The molecule has 0 aliphatic rings. The van der Waals surface area contributed by atoms with Crippen molar-refractivity contribution in [3.05, 3.63) is 121 Å². The minimum absolute atomic E-state index is 0.0403. The van der Waals surface area contributed by atoms with Crippen molar-refractivity contribution >= 4 is 46.6 Å². The van der Waals surface area contributed by atoms with Gasteiger partial charge in [-0.05, 0) is 80.0 Å². The number of nitrogens with zero attached hydrogens (tertiary/aromatic N) is 4. The molecule has 0 spiro atoms. The Balaban J connectivity index is 1.70. The summed E-state index contributed by atoms with van der Waals surface area (Å²) in [6, 6.07) is 8.92. The Kier molecular flexibility index (Phi) is 9.28. The molecule has 0 bridgehead atoms. The second kappa shape index (κ2) is 12.6. The highest BCUT2D eigenvalue weighted by Crippen LogP contribution is 2.30. The lowest BCUT2D eigenvalue weighted by Gasteiger charge is -2.16. The van der Waals surface area contributed by atoms with Gasteiger partial charge >= 0.3 is 0 Å². The van der Waals surface area contributed by atoms with Crippen LogP contribution in [0.5, 0.6) is 0 Å². The number of benzene rings is 1. The minimum atomic E-state index is -0.407. The van der Waals surface area contributed by atoms with Crippen molar-refractivity contribution in [2.75, 3.05) is 0 Å². The Morgan fingerprint density at radius 1 is 1.21 bits per heavy atom. The lowest BCUT2D eigenvalue weighted by molar-refractivity contribution is 0.629. The highest BCUT2D eigenvalue weighted by molar-refractivity contribution is 7.04. The van der Waals surface area contributed by atoms with Gasteiger partial charge in [-0.2, -0.15) is 4.37 Å². The maximum Gasteiger partial charge on any atom is 0.273 e. The first-order valence-electron chi connectivity index (χ1n) is 12.3. The fourth-order valence-corrected chi connectivity index (χ4v) is 5.55. The second-order valence-electron chi connectivity index (χ2n) is 9.14. The smallest absolute Gasteiger partial charge is 0.273 e. The van der Waals surface area contributed by atoms with Crippen LogP contribution >= 0.6 is 34.7 Å². The van der Waals surface area contributed by atoms with Crippen molar-refractivity contribution in [1.82, 2.24) is 13.9 Å². The van der Waals surface area contributed by atoms with Crippen LogP contribution in [0.3, 0.4) is 0 Å². The van der Waals surface area contributed by atoms with Gasteiger partial charge in [0.25, 0.3) is 5.56 Å². The maximum atomic E-state index is 15.7. The van der Waals surface area contributed by atoms with Crippen LogP contribution in [0.4, 0.5) is 4.39 Å². The molecule has 39 heavy (non-hydrogen) atoms. The Hall–Kier alpha value is -3.39. The van der Waals surface area contributed by atoms with E-state index in [1.165, 1.54) is 16.1 Å². The summed E-state index contributed by atoms with van der Waals surface area (Å²) in [5, 5.41) is 2.52. The second-order valence-corrected chi connectivity index (χ2v) is 10.6. The third-order valence-corrected chi connectivity index (χ3v) is 7.60. The molecule has 5 nitrogen and oxygen atoms in total. The van der Waals surface area contributed by atoms with Crippen LogP contribution in [0.1, 0.15) is 47.8 Å². The molecule has 3 heterocycles. The van der Waals surface area contributed by atoms with E-state index < -0.39 is 5.82 Å². The number of aliphatic imine (C=N–C) groups is 1. The van der Waals surface area contributed by atoms with Gasteiger partial charge in [0.15, 0.2) is 0 Å². The Labute approximate surface area is 241 Å². The van der Waals surface area contributed by atoms with Gasteiger partial charge in [0, 0.05) is 52.6 Å². The fourth-order valence-electron chi connectivity index (χ4n) is 4.31. The molecule has 0 saturated heterocycles. The molecule has 0 fully saturated rings. The minimum Gasteiger partial charge on any atom is -0.287 e. The average Bonchev–Trinajstić information content (AvgIpc) is 3.33. The molecule has 0 amide bonds. The summed E-state index contributed by atoms with van der Waals surface area (Å²) in [6.07, 6.45) is 10.5. The van der Waals surface area contributed by atoms with Crippen LogP contribution in [0, 0.1) is 19.7 Å². The van der Waals surface area contributed by atoms with Crippen LogP contribution < -0.4 is 5.56 Å². The van der Waals surface area contributed by atoms with Crippen molar-refractivity contribution in [1.29, 1.82) is 0 Å². The molecule has 0 aliphatic carbocycles. The maximum absolute atomic E-state index is 15.7. The standard InChI is InChI=1S/C30H27Cl2FN4OS/c1-5-10-35-27(24-8-6-7-23(29(24)33)26-17-39-36-20(26)4)9-11-37-19(3)13-25(28(32)30(37)38)18(2)12-21-14-22(31)16-34-15-21/h5-11,13-18H,12H2,1-4H3/b10-5+,11-9+,35-27-. The molecule has 4 rings (SSSR count). The predicted molar refractivity (Wildman–Crippen MR) is 161 cm³/mol. The zero-order valence-electron chi connectivity index (χ0n) is 22.0. The van der Waals surface area contributed by atoms with E-state index in [9.17, 15) is 4.79 Å². The van der Waals surface area contributed by atoms with Crippen molar-refractivity contribution in [3.63, 3.8) is 0 Å². The number of allylic oxidation sites excluding steroid dienone is 2. The van der Waals surface area contributed by atoms with E-state index in [1.807, 2.05) is 45.2 Å². The third-order valence-electron chi connectivity index (χ3n) is 6.30. The summed E-state index contributed by atoms with van der Waals surface area (Å²) in [6.45, 7) is 7.51. The van der Waals surface area contributed by atoms with E-state index >= 15 is 4.39 Å². The predicted octanol–water partition coefficient (Wildman–Crippen LogP) is 8.27. The number of hydrogen-bond acceptors (Lipinski definition) is 5.